The van der Waals surface area contributed by atoms with Crippen molar-refractivity contribution in [2.75, 3.05) is 0 Å². The molecule has 0 bridgehead atoms. The molecule has 0 aliphatic carbocycles. The average molecular weight is 169 g/mol. The second-order valence-electron chi connectivity index (χ2n) is 2.86. The lowest BCUT2D eigenvalue weighted by molar-refractivity contribution is -0.127. The number of aliphatic imine (C=N–C) groups is 1. The van der Waals surface area contributed by atoms with E-state index in [1.54, 1.807) is 6.92 Å². The lowest BCUT2D eigenvalue weighted by Gasteiger charge is -2.13. The van der Waals surface area contributed by atoms with Gasteiger partial charge in [0.2, 0.25) is 5.91 Å². The van der Waals surface area contributed by atoms with E-state index in [2.05, 4.69) is 10.3 Å². The highest BCUT2D eigenvalue weighted by Gasteiger charge is 2.18. The third-order valence-corrected chi connectivity index (χ3v) is 1.37. The highest BCUT2D eigenvalue weighted by molar-refractivity contribution is 6.13. The van der Waals surface area contributed by atoms with Crippen LogP contribution in [0, 0.1) is 0 Å². The maximum absolute atomic E-state index is 10.8. The standard InChI is InChI=1S/C7H11N3O2/c1-4(8)2-5-9-6(11)3-7(12)10-5/h4H,2-3,8H2,1H3,(H,9,10,11,12). The quantitative estimate of drug-likeness (QED) is 0.529. The summed E-state index contributed by atoms with van der Waals surface area (Å²) in [6.07, 6.45) is 0.278. The largest absolute Gasteiger partial charge is 0.328 e. The molecule has 1 heterocycles. The van der Waals surface area contributed by atoms with E-state index in [-0.39, 0.29) is 18.4 Å². The van der Waals surface area contributed by atoms with Gasteiger partial charge in [0, 0.05) is 12.5 Å². The summed E-state index contributed by atoms with van der Waals surface area (Å²) in [4.78, 5) is 25.2. The Morgan fingerprint density at radius 3 is 2.83 bits per heavy atom. The van der Waals surface area contributed by atoms with Crippen LogP contribution in [-0.2, 0) is 9.59 Å². The fourth-order valence-corrected chi connectivity index (χ4v) is 0.962. The number of nitrogens with zero attached hydrogens (tertiary/aromatic N) is 1. The summed E-state index contributed by atoms with van der Waals surface area (Å²) < 4.78 is 0. The van der Waals surface area contributed by atoms with Crippen LogP contribution in [0.15, 0.2) is 4.99 Å². The normalized spacial score (nSPS) is 20.0. The minimum absolute atomic E-state index is 0.102. The van der Waals surface area contributed by atoms with Gasteiger partial charge in [0.15, 0.2) is 0 Å². The van der Waals surface area contributed by atoms with Crippen molar-refractivity contribution in [3.63, 3.8) is 0 Å². The molecule has 1 unspecified atom stereocenters. The fraction of sp³-hybridized carbons (Fsp3) is 0.571. The Bertz CT molecular complexity index is 245. The highest BCUT2D eigenvalue weighted by Crippen LogP contribution is 1.98. The minimum Gasteiger partial charge on any atom is -0.328 e. The van der Waals surface area contributed by atoms with Crippen LogP contribution in [0.2, 0.25) is 0 Å². The molecule has 5 nitrogen and oxygen atoms in total. The Balaban J connectivity index is 2.64. The van der Waals surface area contributed by atoms with E-state index in [1.807, 2.05) is 0 Å². The molecule has 5 heteroatoms. The van der Waals surface area contributed by atoms with Gasteiger partial charge in [0.25, 0.3) is 5.91 Å². The average Bonchev–Trinajstić information content (AvgIpc) is 1.81. The summed E-state index contributed by atoms with van der Waals surface area (Å²) in [6, 6.07) is -0.102. The predicted octanol–water partition coefficient (Wildman–Crippen LogP) is -0.831. The van der Waals surface area contributed by atoms with Gasteiger partial charge in [-0.1, -0.05) is 0 Å². The number of nitrogens with two attached hydrogens (primary N) is 1. The number of amides is 2. The Kier molecular flexibility index (Phi) is 2.54. The van der Waals surface area contributed by atoms with Crippen LogP contribution in [0.5, 0.6) is 0 Å². The van der Waals surface area contributed by atoms with Gasteiger partial charge in [0.05, 0.1) is 0 Å². The van der Waals surface area contributed by atoms with Crippen molar-refractivity contribution < 1.29 is 9.59 Å². The van der Waals surface area contributed by atoms with Gasteiger partial charge < -0.3 is 11.1 Å². The maximum atomic E-state index is 10.8. The van der Waals surface area contributed by atoms with Crippen LogP contribution in [-0.4, -0.2) is 23.7 Å². The molecule has 1 aliphatic rings. The molecule has 0 fully saturated rings. The van der Waals surface area contributed by atoms with Crippen molar-refractivity contribution >= 4 is 17.6 Å². The molecule has 0 saturated carbocycles. The first-order valence-corrected chi connectivity index (χ1v) is 3.74. The Labute approximate surface area is 70.0 Å². The summed E-state index contributed by atoms with van der Waals surface area (Å²) in [5, 5.41) is 2.49. The number of nitrogens with one attached hydrogen (secondary N) is 1. The number of carbonyl (C=O) groups excluding carboxylic acids is 2. The van der Waals surface area contributed by atoms with Gasteiger partial charge in [-0.05, 0) is 6.92 Å². The van der Waals surface area contributed by atoms with E-state index in [4.69, 9.17) is 5.73 Å². The van der Waals surface area contributed by atoms with E-state index < -0.39 is 5.91 Å². The number of hydrogen-bond donors (Lipinski definition) is 2. The lowest BCUT2D eigenvalue weighted by Crippen LogP contribution is -2.39. The molecule has 2 amide bonds. The van der Waals surface area contributed by atoms with Gasteiger partial charge >= 0.3 is 0 Å². The van der Waals surface area contributed by atoms with Gasteiger partial charge in [-0.2, -0.15) is 4.99 Å². The number of carbonyl (C=O) groups is 2. The van der Waals surface area contributed by atoms with Crippen LogP contribution in [0.1, 0.15) is 19.8 Å². The SMILES string of the molecule is CC(N)CC1=NC(=O)CC(=O)N1. The molecule has 0 aromatic carbocycles. The van der Waals surface area contributed by atoms with Gasteiger partial charge in [0.1, 0.15) is 12.3 Å². The van der Waals surface area contributed by atoms with Crippen molar-refractivity contribution in [1.29, 1.82) is 0 Å². The molecule has 1 aliphatic heterocycles. The van der Waals surface area contributed by atoms with Crippen LogP contribution < -0.4 is 11.1 Å². The summed E-state index contributed by atoms with van der Waals surface area (Å²) in [7, 11) is 0. The van der Waals surface area contributed by atoms with Crippen LogP contribution in [0.4, 0.5) is 0 Å². The molecule has 1 rings (SSSR count). The van der Waals surface area contributed by atoms with Crippen LogP contribution in [0.3, 0.4) is 0 Å². The molecule has 3 N–H and O–H groups in total. The molecule has 12 heavy (non-hydrogen) atoms. The summed E-state index contributed by atoms with van der Waals surface area (Å²) in [5.41, 5.74) is 5.47. The summed E-state index contributed by atoms with van der Waals surface area (Å²) >= 11 is 0. The van der Waals surface area contributed by atoms with E-state index >= 15 is 0 Å². The molecule has 66 valence electrons. The van der Waals surface area contributed by atoms with E-state index in [0.29, 0.717) is 12.3 Å². The number of rotatable bonds is 2. The fourth-order valence-electron chi connectivity index (χ4n) is 0.962. The topological polar surface area (TPSA) is 84.5 Å². The zero-order valence-electron chi connectivity index (χ0n) is 6.83. The van der Waals surface area contributed by atoms with Crippen molar-refractivity contribution in [2.45, 2.75) is 25.8 Å². The van der Waals surface area contributed by atoms with Crippen LogP contribution in [0.25, 0.3) is 0 Å². The van der Waals surface area contributed by atoms with Crippen molar-refractivity contribution in [3.05, 3.63) is 0 Å². The lowest BCUT2D eigenvalue weighted by atomic mass is 10.2. The molecule has 0 aromatic heterocycles. The highest BCUT2D eigenvalue weighted by atomic mass is 16.2. The summed E-state index contributed by atoms with van der Waals surface area (Å²) in [6.45, 7) is 1.79. The number of amidine groups is 1. The third-order valence-electron chi connectivity index (χ3n) is 1.37. The van der Waals surface area contributed by atoms with Gasteiger partial charge in [-0.3, -0.25) is 9.59 Å². The third kappa shape index (κ3) is 2.43. The zero-order valence-corrected chi connectivity index (χ0v) is 6.83. The van der Waals surface area contributed by atoms with Crippen molar-refractivity contribution in [3.8, 4) is 0 Å². The van der Waals surface area contributed by atoms with E-state index in [9.17, 15) is 9.59 Å². The maximum Gasteiger partial charge on any atom is 0.256 e. The molecule has 0 aromatic rings. The Morgan fingerprint density at radius 1 is 1.67 bits per heavy atom. The first kappa shape index (κ1) is 8.86. The number of hydrogen-bond acceptors (Lipinski definition) is 3. The molecular formula is C7H11N3O2. The summed E-state index contributed by atoms with van der Waals surface area (Å²) in [5.74, 6) is -0.314. The molecule has 0 radical (unpaired) electrons. The molecule has 1 atom stereocenters. The Morgan fingerprint density at radius 2 is 2.33 bits per heavy atom. The molecule has 0 saturated heterocycles. The van der Waals surface area contributed by atoms with Crippen molar-refractivity contribution in [1.82, 2.24) is 5.32 Å². The smallest absolute Gasteiger partial charge is 0.256 e. The van der Waals surface area contributed by atoms with Crippen molar-refractivity contribution in [2.24, 2.45) is 10.7 Å². The molecular weight excluding hydrogens is 158 g/mol. The van der Waals surface area contributed by atoms with E-state index in [1.165, 1.54) is 0 Å². The molecule has 0 spiro atoms. The predicted molar refractivity (Wildman–Crippen MR) is 43.5 cm³/mol. The van der Waals surface area contributed by atoms with Gasteiger partial charge in [-0.15, -0.1) is 0 Å². The van der Waals surface area contributed by atoms with Gasteiger partial charge in [-0.25, -0.2) is 0 Å². The van der Waals surface area contributed by atoms with Crippen LogP contribution >= 0.6 is 0 Å². The second kappa shape index (κ2) is 3.44. The first-order chi connectivity index (χ1) is 5.58. The monoisotopic (exact) mass is 169 g/mol. The zero-order chi connectivity index (χ0) is 9.14. The Hall–Kier alpha value is -1.23. The first-order valence-electron chi connectivity index (χ1n) is 3.74. The van der Waals surface area contributed by atoms with E-state index in [0.717, 1.165) is 0 Å². The second-order valence-corrected chi connectivity index (χ2v) is 2.86. The minimum atomic E-state index is -0.394.